The van der Waals surface area contributed by atoms with Crippen LogP contribution in [0.15, 0.2) is 67.0 Å². The number of likely N-dealkylation sites (tertiary alicyclic amines) is 1. The molecule has 10 heteroatoms. The predicted molar refractivity (Wildman–Crippen MR) is 153 cm³/mol. The molecule has 0 bridgehead atoms. The zero-order valence-corrected chi connectivity index (χ0v) is 23.3. The van der Waals surface area contributed by atoms with Gasteiger partial charge in [-0.2, -0.15) is 10.2 Å². The molecule has 2 atom stereocenters. The zero-order chi connectivity index (χ0) is 28.9. The van der Waals surface area contributed by atoms with Crippen LogP contribution in [0.2, 0.25) is 0 Å². The van der Waals surface area contributed by atoms with Gasteiger partial charge in [-0.1, -0.05) is 30.3 Å². The van der Waals surface area contributed by atoms with E-state index in [1.165, 1.54) is 12.1 Å². The molecule has 1 aliphatic heterocycles. The van der Waals surface area contributed by atoms with Crippen molar-refractivity contribution in [2.24, 2.45) is 7.05 Å². The van der Waals surface area contributed by atoms with Crippen LogP contribution in [0.3, 0.4) is 0 Å². The first-order valence-electron chi connectivity index (χ1n) is 13.9. The highest BCUT2D eigenvalue weighted by atomic mass is 19.1. The SMILES string of the molecule is Cc1c(-c2cnn(C)c2)nn(-c2ccccc2)c1CC(=O)N[C@@H]1CN(CCCCC(=O)O)C[C@H]1c1ccc(F)cc1. The van der Waals surface area contributed by atoms with Gasteiger partial charge in [0.05, 0.1) is 29.7 Å². The highest BCUT2D eigenvalue weighted by Gasteiger charge is 2.35. The van der Waals surface area contributed by atoms with Crippen LogP contribution in [0.4, 0.5) is 4.39 Å². The number of nitrogens with zero attached hydrogens (tertiary/aromatic N) is 5. The molecule has 1 amide bonds. The van der Waals surface area contributed by atoms with Gasteiger partial charge < -0.3 is 15.3 Å². The van der Waals surface area contributed by atoms with E-state index in [1.54, 1.807) is 23.0 Å². The number of hydrogen-bond acceptors (Lipinski definition) is 5. The summed E-state index contributed by atoms with van der Waals surface area (Å²) in [6.07, 6.45) is 5.32. The van der Waals surface area contributed by atoms with Crippen LogP contribution in [0.1, 0.15) is 42.0 Å². The molecule has 1 saturated heterocycles. The number of aromatic nitrogens is 4. The third-order valence-electron chi connectivity index (χ3n) is 7.71. The highest BCUT2D eigenvalue weighted by molar-refractivity contribution is 5.80. The maximum Gasteiger partial charge on any atom is 0.303 e. The first-order valence-corrected chi connectivity index (χ1v) is 13.9. The fraction of sp³-hybridized carbons (Fsp3) is 0.355. The molecule has 1 fully saturated rings. The van der Waals surface area contributed by atoms with Gasteiger partial charge in [0.1, 0.15) is 5.82 Å². The largest absolute Gasteiger partial charge is 0.481 e. The number of nitrogens with one attached hydrogen (secondary N) is 1. The highest BCUT2D eigenvalue weighted by Crippen LogP contribution is 2.30. The second kappa shape index (κ2) is 12.5. The van der Waals surface area contributed by atoms with Crippen LogP contribution in [-0.4, -0.2) is 67.1 Å². The third kappa shape index (κ3) is 6.71. The van der Waals surface area contributed by atoms with E-state index in [1.807, 2.05) is 55.2 Å². The Hall–Kier alpha value is -4.31. The van der Waals surface area contributed by atoms with Crippen molar-refractivity contribution in [3.63, 3.8) is 0 Å². The lowest BCUT2D eigenvalue weighted by atomic mass is 9.94. The zero-order valence-electron chi connectivity index (χ0n) is 23.3. The van der Waals surface area contributed by atoms with Crippen LogP contribution < -0.4 is 5.32 Å². The molecule has 2 aromatic carbocycles. The second-order valence-corrected chi connectivity index (χ2v) is 10.7. The first-order chi connectivity index (χ1) is 19.8. The quantitative estimate of drug-likeness (QED) is 0.269. The van der Waals surface area contributed by atoms with Gasteiger partial charge in [0.15, 0.2) is 0 Å². The average Bonchev–Trinajstić information content (AvgIpc) is 3.65. The lowest BCUT2D eigenvalue weighted by molar-refractivity contribution is -0.137. The van der Waals surface area contributed by atoms with E-state index >= 15 is 0 Å². The van der Waals surface area contributed by atoms with Crippen molar-refractivity contribution < 1.29 is 19.1 Å². The molecule has 9 nitrogen and oxygen atoms in total. The van der Waals surface area contributed by atoms with Crippen molar-refractivity contribution in [1.29, 1.82) is 0 Å². The Morgan fingerprint density at radius 3 is 2.51 bits per heavy atom. The van der Waals surface area contributed by atoms with Gasteiger partial charge in [-0.15, -0.1) is 0 Å². The summed E-state index contributed by atoms with van der Waals surface area (Å²) in [5.74, 6) is -1.22. The molecule has 2 aromatic heterocycles. The maximum atomic E-state index is 13.7. The number of rotatable bonds is 11. The summed E-state index contributed by atoms with van der Waals surface area (Å²) in [5.41, 5.74) is 5.21. The van der Waals surface area contributed by atoms with Crippen molar-refractivity contribution in [3.05, 3.63) is 89.6 Å². The van der Waals surface area contributed by atoms with Crippen molar-refractivity contribution in [3.8, 4) is 16.9 Å². The van der Waals surface area contributed by atoms with Gasteiger partial charge in [-0.25, -0.2) is 9.07 Å². The van der Waals surface area contributed by atoms with Gasteiger partial charge >= 0.3 is 5.97 Å². The summed E-state index contributed by atoms with van der Waals surface area (Å²) in [6.45, 7) is 4.06. The number of aliphatic carboxylic acids is 1. The molecular weight excluding hydrogens is 523 g/mol. The van der Waals surface area contributed by atoms with Gasteiger partial charge in [-0.05, 0) is 61.7 Å². The summed E-state index contributed by atoms with van der Waals surface area (Å²) in [7, 11) is 1.86. The topological polar surface area (TPSA) is 105 Å². The number of carboxylic acids is 1. The molecule has 2 N–H and O–H groups in total. The second-order valence-electron chi connectivity index (χ2n) is 10.7. The van der Waals surface area contributed by atoms with Crippen LogP contribution in [0.5, 0.6) is 0 Å². The number of hydrogen-bond donors (Lipinski definition) is 2. The molecule has 0 unspecified atom stereocenters. The monoisotopic (exact) mass is 558 g/mol. The van der Waals surface area contributed by atoms with E-state index in [0.717, 1.165) is 46.7 Å². The number of halogens is 1. The van der Waals surface area contributed by atoms with Gasteiger partial charge in [0.25, 0.3) is 0 Å². The molecule has 41 heavy (non-hydrogen) atoms. The Balaban J connectivity index is 1.36. The summed E-state index contributed by atoms with van der Waals surface area (Å²) >= 11 is 0. The normalized spacial score (nSPS) is 17.1. The Morgan fingerprint density at radius 2 is 1.83 bits per heavy atom. The third-order valence-corrected chi connectivity index (χ3v) is 7.71. The van der Waals surface area contributed by atoms with E-state index in [0.29, 0.717) is 19.5 Å². The van der Waals surface area contributed by atoms with Gasteiger partial charge in [-0.3, -0.25) is 14.3 Å². The van der Waals surface area contributed by atoms with E-state index in [9.17, 15) is 14.0 Å². The molecule has 1 aliphatic rings. The Labute approximate surface area is 238 Å². The number of amides is 1. The molecule has 0 spiro atoms. The fourth-order valence-corrected chi connectivity index (χ4v) is 5.62. The van der Waals surface area contributed by atoms with Crippen molar-refractivity contribution >= 4 is 11.9 Å². The maximum absolute atomic E-state index is 13.7. The van der Waals surface area contributed by atoms with Crippen LogP contribution in [0.25, 0.3) is 16.9 Å². The molecular formula is C31H35FN6O3. The Morgan fingerprint density at radius 1 is 1.07 bits per heavy atom. The average molecular weight is 559 g/mol. The van der Waals surface area contributed by atoms with E-state index in [-0.39, 0.29) is 36.5 Å². The Kier molecular flexibility index (Phi) is 8.58. The Bertz CT molecular complexity index is 1500. The number of para-hydroxylation sites is 1. The molecule has 4 aromatic rings. The molecule has 0 aliphatic carbocycles. The fourth-order valence-electron chi connectivity index (χ4n) is 5.62. The number of carboxylic acid groups (broad SMARTS) is 1. The lowest BCUT2D eigenvalue weighted by Crippen LogP contribution is -2.41. The lowest BCUT2D eigenvalue weighted by Gasteiger charge is -2.21. The summed E-state index contributed by atoms with van der Waals surface area (Å²) in [6, 6.07) is 16.0. The minimum Gasteiger partial charge on any atom is -0.481 e. The summed E-state index contributed by atoms with van der Waals surface area (Å²) in [4.78, 5) is 26.8. The van der Waals surface area contributed by atoms with Crippen molar-refractivity contribution in [2.45, 2.75) is 44.6 Å². The van der Waals surface area contributed by atoms with Gasteiger partial charge in [0.2, 0.25) is 5.91 Å². The summed E-state index contributed by atoms with van der Waals surface area (Å²) < 4.78 is 17.2. The molecule has 0 saturated carbocycles. The number of benzene rings is 2. The van der Waals surface area contributed by atoms with Gasteiger partial charge in [0, 0.05) is 50.3 Å². The number of aryl methyl sites for hydroxylation is 1. The minimum absolute atomic E-state index is 0.00916. The van der Waals surface area contributed by atoms with Crippen molar-refractivity contribution in [2.75, 3.05) is 19.6 Å². The molecule has 0 radical (unpaired) electrons. The number of carbonyl (C=O) groups excluding carboxylic acids is 1. The molecule has 5 rings (SSSR count). The minimum atomic E-state index is -0.794. The van der Waals surface area contributed by atoms with Crippen LogP contribution in [0, 0.1) is 12.7 Å². The summed E-state index contributed by atoms with van der Waals surface area (Å²) in [5, 5.41) is 21.4. The first kappa shape index (κ1) is 28.2. The molecule has 214 valence electrons. The number of carbonyl (C=O) groups is 2. The number of unbranched alkanes of at least 4 members (excludes halogenated alkanes) is 1. The van der Waals surface area contributed by atoms with E-state index in [4.69, 9.17) is 10.2 Å². The smallest absolute Gasteiger partial charge is 0.303 e. The van der Waals surface area contributed by atoms with Crippen LogP contribution >= 0.6 is 0 Å². The predicted octanol–water partition coefficient (Wildman–Crippen LogP) is 4.10. The molecule has 3 heterocycles. The standard InChI is InChI=1S/C31H35FN6O3/c1-21-28(38(25-8-4-3-5-9-25)35-31(21)23-17-33-36(2)18-23)16-29(39)34-27-20-37(15-7-6-10-30(40)41)19-26(27)22-11-13-24(32)14-12-22/h3-5,8-9,11-14,17-18,26-27H,6-7,10,15-16,19-20H2,1-2H3,(H,34,39)(H,40,41)/t26-,27+/m0/s1. The van der Waals surface area contributed by atoms with Crippen LogP contribution in [-0.2, 0) is 23.1 Å². The van der Waals surface area contributed by atoms with E-state index < -0.39 is 5.97 Å². The van der Waals surface area contributed by atoms with E-state index in [2.05, 4.69) is 15.3 Å². The van der Waals surface area contributed by atoms with Crippen molar-refractivity contribution in [1.82, 2.24) is 29.8 Å².